The first kappa shape index (κ1) is 23.0. The normalized spacial score (nSPS) is 11.6. The lowest BCUT2D eigenvalue weighted by Gasteiger charge is -2.22. The first-order valence-electron chi connectivity index (χ1n) is 9.93. The number of rotatable bonds is 5. The average Bonchev–Trinajstić information content (AvgIpc) is 2.74. The van der Waals surface area contributed by atoms with Gasteiger partial charge in [-0.2, -0.15) is 0 Å². The van der Waals surface area contributed by atoms with E-state index in [1.807, 2.05) is 112 Å². The molecule has 156 valence electrons. The van der Waals surface area contributed by atoms with Crippen molar-refractivity contribution in [2.24, 2.45) is 5.73 Å². The maximum atomic E-state index is 11.8. The molecule has 0 aromatic heterocycles. The van der Waals surface area contributed by atoms with Gasteiger partial charge in [-0.1, -0.05) is 91.0 Å². The number of hydrogen-bond acceptors (Lipinski definition) is 4. The number of carbonyl (C=O) groups is 2. The van der Waals surface area contributed by atoms with Gasteiger partial charge >= 0.3 is 5.97 Å². The number of ether oxygens (including phenoxy) is 1. The Labute approximate surface area is 178 Å². The molecule has 0 aliphatic heterocycles. The molecule has 0 saturated heterocycles. The van der Waals surface area contributed by atoms with Crippen LogP contribution in [0, 0.1) is 0 Å². The summed E-state index contributed by atoms with van der Waals surface area (Å²) in [7, 11) is 0. The van der Waals surface area contributed by atoms with Gasteiger partial charge in [-0.3, -0.25) is 9.59 Å². The van der Waals surface area contributed by atoms with Gasteiger partial charge in [0.2, 0.25) is 0 Å². The van der Waals surface area contributed by atoms with Crippen LogP contribution < -0.4 is 5.73 Å². The Morgan fingerprint density at radius 1 is 0.767 bits per heavy atom. The molecule has 0 heterocycles. The van der Waals surface area contributed by atoms with Gasteiger partial charge < -0.3 is 10.5 Å². The maximum Gasteiger partial charge on any atom is 0.323 e. The molecule has 2 N–H and O–H groups in total. The van der Waals surface area contributed by atoms with Gasteiger partial charge in [-0.25, -0.2) is 0 Å². The van der Waals surface area contributed by atoms with E-state index >= 15 is 0 Å². The van der Waals surface area contributed by atoms with Crippen molar-refractivity contribution < 1.29 is 14.3 Å². The number of carbonyl (C=O) groups excluding carboxylic acids is 2. The van der Waals surface area contributed by atoms with E-state index in [9.17, 15) is 9.59 Å². The molecule has 0 saturated carbocycles. The summed E-state index contributed by atoms with van der Waals surface area (Å²) >= 11 is 0. The third-order valence-corrected chi connectivity index (χ3v) is 4.08. The number of ketones is 1. The van der Waals surface area contributed by atoms with Crippen molar-refractivity contribution in [3.8, 4) is 0 Å². The van der Waals surface area contributed by atoms with E-state index in [4.69, 9.17) is 10.5 Å². The summed E-state index contributed by atoms with van der Waals surface area (Å²) in [6.07, 6.45) is 0.510. The minimum absolute atomic E-state index is 0.0752. The van der Waals surface area contributed by atoms with Crippen molar-refractivity contribution in [1.29, 1.82) is 0 Å². The SMILES string of the molecule is CC(C)(C)OC(=O)[C@@H](N)Cc1ccccc1.O=C(c1ccccc1)c1ccccc1. The molecule has 4 nitrogen and oxygen atoms in total. The standard InChI is InChI=1S/C13H19NO2.C13H10O/c1-13(2,3)16-12(15)11(14)9-10-7-5-4-6-8-10;14-13(11-7-3-1-4-8-11)12-9-5-2-6-10-12/h4-8,11H,9,14H2,1-3H3;1-10H/t11-;/m0./s1. The Morgan fingerprint density at radius 3 is 1.57 bits per heavy atom. The van der Waals surface area contributed by atoms with Gasteiger partial charge in [0.05, 0.1) is 0 Å². The highest BCUT2D eigenvalue weighted by atomic mass is 16.6. The molecule has 3 aromatic rings. The smallest absolute Gasteiger partial charge is 0.323 e. The first-order chi connectivity index (χ1) is 14.3. The molecular formula is C26H29NO3. The summed E-state index contributed by atoms with van der Waals surface area (Å²) in [5.74, 6) is -0.275. The predicted molar refractivity (Wildman–Crippen MR) is 120 cm³/mol. The number of benzene rings is 3. The fraction of sp³-hybridized carbons (Fsp3) is 0.231. The largest absolute Gasteiger partial charge is 0.459 e. The van der Waals surface area contributed by atoms with Gasteiger partial charge in [0, 0.05) is 11.1 Å². The van der Waals surface area contributed by atoms with Crippen molar-refractivity contribution in [2.75, 3.05) is 0 Å². The van der Waals surface area contributed by atoms with Crippen molar-refractivity contribution in [2.45, 2.75) is 38.8 Å². The van der Waals surface area contributed by atoms with Crippen LogP contribution in [0.25, 0.3) is 0 Å². The lowest BCUT2D eigenvalue weighted by atomic mass is 10.0. The van der Waals surface area contributed by atoms with Crippen LogP contribution in [0.3, 0.4) is 0 Å². The summed E-state index contributed by atoms with van der Waals surface area (Å²) < 4.78 is 5.21. The number of esters is 1. The molecule has 0 aliphatic carbocycles. The van der Waals surface area contributed by atoms with Crippen LogP contribution in [0.15, 0.2) is 91.0 Å². The average molecular weight is 404 g/mol. The zero-order chi connectivity index (χ0) is 22.0. The van der Waals surface area contributed by atoms with Crippen molar-refractivity contribution in [3.63, 3.8) is 0 Å². The molecular weight excluding hydrogens is 374 g/mol. The second-order valence-corrected chi connectivity index (χ2v) is 7.89. The molecule has 0 bridgehead atoms. The predicted octanol–water partition coefficient (Wildman–Crippen LogP) is 4.82. The Morgan fingerprint density at radius 2 is 1.17 bits per heavy atom. The zero-order valence-corrected chi connectivity index (χ0v) is 17.7. The number of nitrogens with two attached hydrogens (primary N) is 1. The highest BCUT2D eigenvalue weighted by Crippen LogP contribution is 2.10. The Bertz CT molecular complexity index is 875. The van der Waals surface area contributed by atoms with E-state index in [0.717, 1.165) is 16.7 Å². The fourth-order valence-corrected chi connectivity index (χ4v) is 2.67. The summed E-state index contributed by atoms with van der Waals surface area (Å²) in [5.41, 5.74) is 7.81. The molecule has 0 amide bonds. The van der Waals surface area contributed by atoms with Crippen molar-refractivity contribution in [3.05, 3.63) is 108 Å². The fourth-order valence-electron chi connectivity index (χ4n) is 2.67. The maximum absolute atomic E-state index is 11.8. The third kappa shape index (κ3) is 8.02. The van der Waals surface area contributed by atoms with Gasteiger partial charge in [0.25, 0.3) is 0 Å². The third-order valence-electron chi connectivity index (χ3n) is 4.08. The van der Waals surface area contributed by atoms with E-state index in [2.05, 4.69) is 0 Å². The van der Waals surface area contributed by atoms with Crippen molar-refractivity contribution >= 4 is 11.8 Å². The summed E-state index contributed by atoms with van der Waals surface area (Å²) in [5, 5.41) is 0. The lowest BCUT2D eigenvalue weighted by Crippen LogP contribution is -2.38. The zero-order valence-electron chi connectivity index (χ0n) is 17.7. The Kier molecular flexibility index (Phi) is 8.51. The van der Waals surface area contributed by atoms with Crippen LogP contribution in [0.5, 0.6) is 0 Å². The van der Waals surface area contributed by atoms with Crippen LogP contribution in [0.4, 0.5) is 0 Å². The monoisotopic (exact) mass is 403 g/mol. The van der Waals surface area contributed by atoms with E-state index < -0.39 is 11.6 Å². The van der Waals surface area contributed by atoms with E-state index in [-0.39, 0.29) is 11.8 Å². The second kappa shape index (κ2) is 11.1. The highest BCUT2D eigenvalue weighted by Gasteiger charge is 2.22. The Balaban J connectivity index is 0.000000215. The molecule has 1 atom stereocenters. The summed E-state index contributed by atoms with van der Waals surface area (Å²) in [6, 6.07) is 27.7. The molecule has 0 fully saturated rings. The highest BCUT2D eigenvalue weighted by molar-refractivity contribution is 6.08. The van der Waals surface area contributed by atoms with E-state index in [1.165, 1.54) is 0 Å². The van der Waals surface area contributed by atoms with Crippen LogP contribution in [-0.4, -0.2) is 23.4 Å². The van der Waals surface area contributed by atoms with E-state index in [1.54, 1.807) is 0 Å². The minimum atomic E-state index is -0.596. The van der Waals surface area contributed by atoms with Crippen LogP contribution in [0.1, 0.15) is 42.3 Å². The molecule has 4 heteroatoms. The van der Waals surface area contributed by atoms with Crippen LogP contribution in [-0.2, 0) is 16.0 Å². The molecule has 0 spiro atoms. The summed E-state index contributed by atoms with van der Waals surface area (Å²) in [4.78, 5) is 23.5. The van der Waals surface area contributed by atoms with Gasteiger partial charge in [0.1, 0.15) is 11.6 Å². The molecule has 0 unspecified atom stereocenters. The summed E-state index contributed by atoms with van der Waals surface area (Å²) in [6.45, 7) is 5.50. The topological polar surface area (TPSA) is 69.4 Å². The van der Waals surface area contributed by atoms with Gasteiger partial charge in [-0.15, -0.1) is 0 Å². The molecule has 3 rings (SSSR count). The Hall–Kier alpha value is -3.24. The minimum Gasteiger partial charge on any atom is -0.459 e. The van der Waals surface area contributed by atoms with E-state index in [0.29, 0.717) is 6.42 Å². The quantitative estimate of drug-likeness (QED) is 0.490. The lowest BCUT2D eigenvalue weighted by molar-refractivity contribution is -0.156. The van der Waals surface area contributed by atoms with Gasteiger partial charge in [0.15, 0.2) is 5.78 Å². The molecule has 3 aromatic carbocycles. The van der Waals surface area contributed by atoms with Crippen LogP contribution in [0.2, 0.25) is 0 Å². The molecule has 30 heavy (non-hydrogen) atoms. The van der Waals surface area contributed by atoms with Crippen LogP contribution >= 0.6 is 0 Å². The molecule has 0 radical (unpaired) electrons. The first-order valence-corrected chi connectivity index (χ1v) is 9.93. The molecule has 0 aliphatic rings. The van der Waals surface area contributed by atoms with Gasteiger partial charge in [-0.05, 0) is 32.8 Å². The second-order valence-electron chi connectivity index (χ2n) is 7.89. The van der Waals surface area contributed by atoms with Crippen molar-refractivity contribution in [1.82, 2.24) is 0 Å². The number of hydrogen-bond donors (Lipinski definition) is 1.